The molecule has 6 heteroatoms. The zero-order valence-corrected chi connectivity index (χ0v) is 29.1. The van der Waals surface area contributed by atoms with Crippen LogP contribution in [0.3, 0.4) is 0 Å². The number of rotatable bonds is 4. The van der Waals surface area contributed by atoms with Crippen molar-refractivity contribution in [3.8, 4) is 11.1 Å². The van der Waals surface area contributed by atoms with Gasteiger partial charge in [0.2, 0.25) is 0 Å². The van der Waals surface area contributed by atoms with Crippen LogP contribution in [0.15, 0.2) is 158 Å². The molecular weight excluding hydrogens is 661 g/mol. The van der Waals surface area contributed by atoms with E-state index in [1.807, 2.05) is 22.7 Å². The van der Waals surface area contributed by atoms with Crippen LogP contribution in [0.4, 0.5) is 0 Å². The number of hydrogen-bond donors (Lipinski definition) is 3. The molecule has 0 saturated carbocycles. The number of aromatic nitrogens is 1. The van der Waals surface area contributed by atoms with Crippen molar-refractivity contribution >= 4 is 84.8 Å². The first-order valence-electron chi connectivity index (χ1n) is 17.5. The predicted octanol–water partition coefficient (Wildman–Crippen LogP) is 11.8. The third-order valence-corrected chi connectivity index (χ3v) is 13.1. The summed E-state index contributed by atoms with van der Waals surface area (Å²) < 4.78 is 7.89. The summed E-state index contributed by atoms with van der Waals surface area (Å²) in [5.74, 6) is 0. The predicted molar refractivity (Wildman–Crippen MR) is 217 cm³/mol. The number of nitrogens with zero attached hydrogens (tertiary/aromatic N) is 1. The SMILES string of the molecule is c1ccc(-c2cccc3c4ccccc4n(C4NC(c5ccccc5)NC(c5cccc6sc7c(ccc8c9ccccc9sc87)c56)N4)c23)cc1. The number of thiophene rings is 2. The Kier molecular flexibility index (Phi) is 6.69. The minimum atomic E-state index is -0.219. The molecule has 0 bridgehead atoms. The number of para-hydroxylation sites is 2. The van der Waals surface area contributed by atoms with Gasteiger partial charge >= 0.3 is 0 Å². The first-order chi connectivity index (χ1) is 25.3. The number of nitrogens with one attached hydrogen (secondary N) is 3. The summed E-state index contributed by atoms with van der Waals surface area (Å²) in [4.78, 5) is 0. The molecule has 10 aromatic rings. The molecule has 3 N–H and O–H groups in total. The van der Waals surface area contributed by atoms with Crippen molar-refractivity contribution < 1.29 is 0 Å². The molecule has 11 rings (SSSR count). The molecular formula is C45H32N4S2. The molecule has 4 nitrogen and oxygen atoms in total. The molecule has 244 valence electrons. The third-order valence-electron chi connectivity index (χ3n) is 10.5. The fourth-order valence-electron chi connectivity index (χ4n) is 8.30. The molecule has 3 atom stereocenters. The van der Waals surface area contributed by atoms with Crippen molar-refractivity contribution in [3.63, 3.8) is 0 Å². The van der Waals surface area contributed by atoms with E-state index >= 15 is 0 Å². The van der Waals surface area contributed by atoms with Crippen molar-refractivity contribution in [1.29, 1.82) is 0 Å². The Labute approximate surface area is 302 Å². The van der Waals surface area contributed by atoms with Gasteiger partial charge in [0, 0.05) is 47.3 Å². The van der Waals surface area contributed by atoms with Crippen LogP contribution < -0.4 is 16.0 Å². The van der Waals surface area contributed by atoms with Gasteiger partial charge in [0.05, 0.1) is 32.8 Å². The van der Waals surface area contributed by atoms with Gasteiger partial charge in [0.25, 0.3) is 0 Å². The summed E-state index contributed by atoms with van der Waals surface area (Å²) >= 11 is 3.83. The summed E-state index contributed by atoms with van der Waals surface area (Å²) in [6, 6.07) is 57.4. The lowest BCUT2D eigenvalue weighted by molar-refractivity contribution is 0.162. The highest BCUT2D eigenvalue weighted by molar-refractivity contribution is 7.33. The first kappa shape index (κ1) is 29.4. The summed E-state index contributed by atoms with van der Waals surface area (Å²) in [5.41, 5.74) is 7.30. The Balaban J connectivity index is 1.13. The van der Waals surface area contributed by atoms with E-state index in [-0.39, 0.29) is 18.6 Å². The Hall–Kier alpha value is -5.34. The van der Waals surface area contributed by atoms with E-state index in [0.29, 0.717) is 0 Å². The lowest BCUT2D eigenvalue weighted by atomic mass is 10.0. The van der Waals surface area contributed by atoms with Gasteiger partial charge in [-0.1, -0.05) is 140 Å². The summed E-state index contributed by atoms with van der Waals surface area (Å²) in [6.07, 6.45) is -0.457. The van der Waals surface area contributed by atoms with E-state index in [9.17, 15) is 0 Å². The molecule has 1 saturated heterocycles. The van der Waals surface area contributed by atoms with E-state index < -0.39 is 0 Å². The minimum Gasteiger partial charge on any atom is -0.311 e. The van der Waals surface area contributed by atoms with Gasteiger partial charge in [0.15, 0.2) is 0 Å². The van der Waals surface area contributed by atoms with E-state index in [0.717, 1.165) is 0 Å². The first-order valence-corrected chi connectivity index (χ1v) is 19.1. The maximum absolute atomic E-state index is 4.09. The Morgan fingerprint density at radius 1 is 0.451 bits per heavy atom. The molecule has 3 aromatic heterocycles. The zero-order valence-electron chi connectivity index (χ0n) is 27.5. The lowest BCUT2D eigenvalue weighted by Crippen LogP contribution is -2.56. The van der Waals surface area contributed by atoms with Crippen LogP contribution in [0, 0.1) is 0 Å². The van der Waals surface area contributed by atoms with Gasteiger partial charge in [-0.15, -0.1) is 22.7 Å². The summed E-state index contributed by atoms with van der Waals surface area (Å²) in [5, 5.41) is 19.9. The van der Waals surface area contributed by atoms with E-state index in [1.54, 1.807) is 0 Å². The Morgan fingerprint density at radius 3 is 1.98 bits per heavy atom. The molecule has 1 aliphatic rings. The molecule has 3 unspecified atom stereocenters. The van der Waals surface area contributed by atoms with Gasteiger partial charge < -0.3 is 4.57 Å². The van der Waals surface area contributed by atoms with Crippen LogP contribution in [0.5, 0.6) is 0 Å². The Morgan fingerprint density at radius 2 is 1.10 bits per heavy atom. The normalized spacial score (nSPS) is 18.2. The maximum atomic E-state index is 4.09. The van der Waals surface area contributed by atoms with Crippen LogP contribution in [-0.2, 0) is 0 Å². The van der Waals surface area contributed by atoms with E-state index in [1.165, 1.54) is 84.4 Å². The topological polar surface area (TPSA) is 41.0 Å². The van der Waals surface area contributed by atoms with Gasteiger partial charge in [-0.2, -0.15) is 0 Å². The highest BCUT2D eigenvalue weighted by Gasteiger charge is 2.33. The second-order valence-corrected chi connectivity index (χ2v) is 15.5. The minimum absolute atomic E-state index is 0.1000. The molecule has 0 amide bonds. The molecule has 7 aromatic carbocycles. The molecule has 0 radical (unpaired) electrons. The largest absolute Gasteiger partial charge is 0.311 e. The highest BCUT2D eigenvalue weighted by atomic mass is 32.1. The van der Waals surface area contributed by atoms with Crippen LogP contribution in [0.25, 0.3) is 73.3 Å². The van der Waals surface area contributed by atoms with Crippen molar-refractivity contribution in [2.45, 2.75) is 18.6 Å². The average Bonchev–Trinajstić information content (AvgIpc) is 3.88. The van der Waals surface area contributed by atoms with Crippen molar-refractivity contribution in [3.05, 3.63) is 169 Å². The summed E-state index contributed by atoms with van der Waals surface area (Å²) in [6.45, 7) is 0. The number of hydrogen-bond acceptors (Lipinski definition) is 5. The van der Waals surface area contributed by atoms with Crippen LogP contribution in [-0.4, -0.2) is 4.57 Å². The maximum Gasteiger partial charge on any atom is 0.142 e. The number of fused-ring (bicyclic) bond motifs is 10. The fraction of sp³-hybridized carbons (Fsp3) is 0.0667. The highest BCUT2D eigenvalue weighted by Crippen LogP contribution is 2.46. The van der Waals surface area contributed by atoms with Crippen molar-refractivity contribution in [2.75, 3.05) is 0 Å². The average molecular weight is 693 g/mol. The van der Waals surface area contributed by atoms with Gasteiger partial charge in [-0.25, -0.2) is 0 Å². The van der Waals surface area contributed by atoms with Gasteiger partial charge in [0.1, 0.15) is 6.29 Å². The standard InChI is InChI=1S/C45H32N4S2/c1-3-13-27(14-4-1)29-19-11-20-32-30-17-7-9-22-36(30)49(40(29)32)45-47-43(28-15-5-2-6-16-28)46-44(48-45)35-21-12-24-38-39(35)34-26-25-33-31-18-8-10-23-37(31)50-41(33)42(34)51-38/h1-26,43-48H. The number of benzene rings is 7. The summed E-state index contributed by atoms with van der Waals surface area (Å²) in [7, 11) is 0. The second kappa shape index (κ2) is 11.6. The van der Waals surface area contributed by atoms with Crippen molar-refractivity contribution in [2.24, 2.45) is 0 Å². The van der Waals surface area contributed by atoms with Gasteiger partial charge in [-0.3, -0.25) is 16.0 Å². The molecule has 0 spiro atoms. The van der Waals surface area contributed by atoms with E-state index in [2.05, 4.69) is 178 Å². The fourth-order valence-corrected chi connectivity index (χ4v) is 10.9. The second-order valence-electron chi connectivity index (χ2n) is 13.4. The van der Waals surface area contributed by atoms with Crippen molar-refractivity contribution in [1.82, 2.24) is 20.5 Å². The van der Waals surface area contributed by atoms with Crippen LogP contribution in [0.1, 0.15) is 29.7 Å². The van der Waals surface area contributed by atoms with Crippen LogP contribution in [0.2, 0.25) is 0 Å². The molecule has 4 heterocycles. The molecule has 1 fully saturated rings. The zero-order chi connectivity index (χ0) is 33.5. The van der Waals surface area contributed by atoms with Gasteiger partial charge in [-0.05, 0) is 34.9 Å². The molecule has 0 aliphatic carbocycles. The third kappa shape index (κ3) is 4.55. The lowest BCUT2D eigenvalue weighted by Gasteiger charge is -2.40. The quantitative estimate of drug-likeness (QED) is 0.172. The smallest absolute Gasteiger partial charge is 0.142 e. The Bertz CT molecular complexity index is 2920. The molecule has 1 aliphatic heterocycles. The van der Waals surface area contributed by atoms with Crippen LogP contribution >= 0.6 is 22.7 Å². The monoisotopic (exact) mass is 692 g/mol. The molecule has 51 heavy (non-hydrogen) atoms. The van der Waals surface area contributed by atoms with E-state index in [4.69, 9.17) is 0 Å².